The maximum absolute atomic E-state index is 10.5. The van der Waals surface area contributed by atoms with Crippen LogP contribution in [0.15, 0.2) is 42.5 Å². The molecule has 0 atom stereocenters. The van der Waals surface area contributed by atoms with Crippen LogP contribution in [0.2, 0.25) is 0 Å². The van der Waals surface area contributed by atoms with E-state index in [0.29, 0.717) is 13.0 Å². The summed E-state index contributed by atoms with van der Waals surface area (Å²) < 4.78 is 0. The molecule has 130 valence electrons. The third kappa shape index (κ3) is 6.15. The Kier molecular flexibility index (Phi) is 8.92. The number of aromatic hydroxyl groups is 2. The molecule has 7 nitrogen and oxygen atoms in total. The topological polar surface area (TPSA) is 141 Å². The van der Waals surface area contributed by atoms with Crippen LogP contribution in [0, 0.1) is 0 Å². The number of hydrogen-bond acceptors (Lipinski definition) is 5. The Balaban J connectivity index is 0.000000425. The van der Waals surface area contributed by atoms with Crippen LogP contribution in [-0.4, -0.2) is 38.9 Å². The third-order valence-electron chi connectivity index (χ3n) is 2.86. The summed E-state index contributed by atoms with van der Waals surface area (Å²) >= 11 is 0. The summed E-state index contributed by atoms with van der Waals surface area (Å²) in [5.74, 6) is -2.64. The lowest BCUT2D eigenvalue weighted by molar-refractivity contribution is 0.0651. The Labute approximate surface area is 144 Å². The minimum atomic E-state index is -1.23. The molecule has 6 N–H and O–H groups in total. The molecule has 0 aliphatic rings. The van der Waals surface area contributed by atoms with E-state index >= 15 is 0 Å². The minimum absolute atomic E-state index is 0. The number of carboxylic acid groups (broad SMARTS) is 2. The van der Waals surface area contributed by atoms with Crippen LogP contribution in [0.5, 0.6) is 11.5 Å². The molecule has 0 aromatic heterocycles. The standard InChI is InChI=1S/C8H11NO2.C8H6O4.ClH/c9-4-3-6-1-2-7(10)8(11)5-6;9-7(10)5-3-1-2-4-6(5)8(11)12;/h1-2,5,10-11H,3-4,9H2;1-4H,(H,9,10)(H,11,12);1H. The summed E-state index contributed by atoms with van der Waals surface area (Å²) in [6.07, 6.45) is 0.716. The fourth-order valence-corrected chi connectivity index (χ4v) is 1.75. The average molecular weight is 356 g/mol. The van der Waals surface area contributed by atoms with Crippen molar-refractivity contribution in [3.8, 4) is 11.5 Å². The lowest BCUT2D eigenvalue weighted by Gasteiger charge is -2.00. The molecule has 2 aromatic carbocycles. The number of phenolic OH excluding ortho intramolecular Hbond substituents is 2. The van der Waals surface area contributed by atoms with Gasteiger partial charge in [0.25, 0.3) is 0 Å². The highest BCUT2D eigenvalue weighted by Crippen LogP contribution is 2.24. The second-order valence-electron chi connectivity index (χ2n) is 4.52. The molecule has 0 bridgehead atoms. The Morgan fingerprint density at radius 3 is 1.75 bits per heavy atom. The van der Waals surface area contributed by atoms with Gasteiger partial charge in [0.05, 0.1) is 11.1 Å². The maximum atomic E-state index is 10.5. The van der Waals surface area contributed by atoms with Gasteiger partial charge in [-0.05, 0) is 42.8 Å². The van der Waals surface area contributed by atoms with Crippen molar-refractivity contribution in [1.82, 2.24) is 0 Å². The van der Waals surface area contributed by atoms with E-state index in [9.17, 15) is 9.59 Å². The van der Waals surface area contributed by atoms with E-state index in [1.54, 1.807) is 6.07 Å². The Morgan fingerprint density at radius 2 is 1.38 bits per heavy atom. The molecule has 0 amide bonds. The molecule has 0 saturated heterocycles. The summed E-state index contributed by atoms with van der Waals surface area (Å²) in [6.45, 7) is 0.546. The van der Waals surface area contributed by atoms with E-state index in [1.807, 2.05) is 0 Å². The Morgan fingerprint density at radius 1 is 0.875 bits per heavy atom. The number of rotatable bonds is 4. The van der Waals surface area contributed by atoms with Gasteiger partial charge in [0, 0.05) is 0 Å². The van der Waals surface area contributed by atoms with Crippen molar-refractivity contribution < 1.29 is 30.0 Å². The molecular weight excluding hydrogens is 338 g/mol. The maximum Gasteiger partial charge on any atom is 0.336 e. The van der Waals surface area contributed by atoms with E-state index in [0.717, 1.165) is 5.56 Å². The van der Waals surface area contributed by atoms with E-state index in [1.165, 1.54) is 36.4 Å². The predicted octanol–water partition coefficient (Wildman–Crippen LogP) is 2.10. The number of hydrogen-bond donors (Lipinski definition) is 5. The Hall–Kier alpha value is -2.77. The number of halogens is 1. The predicted molar refractivity (Wildman–Crippen MR) is 90.1 cm³/mol. The van der Waals surface area contributed by atoms with E-state index in [2.05, 4.69) is 0 Å². The summed E-state index contributed by atoms with van der Waals surface area (Å²) in [4.78, 5) is 20.9. The van der Waals surface area contributed by atoms with Gasteiger partial charge in [-0.1, -0.05) is 18.2 Å². The van der Waals surface area contributed by atoms with Gasteiger partial charge in [0.2, 0.25) is 0 Å². The second kappa shape index (κ2) is 10.1. The van der Waals surface area contributed by atoms with Gasteiger partial charge in [-0.25, -0.2) is 9.59 Å². The van der Waals surface area contributed by atoms with Crippen LogP contribution in [-0.2, 0) is 6.42 Å². The van der Waals surface area contributed by atoms with E-state index < -0.39 is 11.9 Å². The van der Waals surface area contributed by atoms with Crippen LogP contribution in [0.4, 0.5) is 0 Å². The SMILES string of the molecule is Cl.NCCc1ccc(O)c(O)c1.O=C(O)c1ccccc1C(=O)O. The summed E-state index contributed by atoms with van der Waals surface area (Å²) in [5, 5.41) is 35.1. The van der Waals surface area contributed by atoms with Crippen molar-refractivity contribution in [1.29, 1.82) is 0 Å². The largest absolute Gasteiger partial charge is 0.504 e. The van der Waals surface area contributed by atoms with Crippen molar-refractivity contribution in [2.75, 3.05) is 6.54 Å². The van der Waals surface area contributed by atoms with Gasteiger partial charge in [-0.3, -0.25) is 0 Å². The van der Waals surface area contributed by atoms with Gasteiger partial charge < -0.3 is 26.2 Å². The second-order valence-corrected chi connectivity index (χ2v) is 4.52. The highest BCUT2D eigenvalue weighted by atomic mass is 35.5. The van der Waals surface area contributed by atoms with Gasteiger partial charge in [0.1, 0.15) is 0 Å². The molecule has 8 heteroatoms. The molecular formula is C16H18ClNO6. The number of aromatic carboxylic acids is 2. The smallest absolute Gasteiger partial charge is 0.336 e. The zero-order chi connectivity index (χ0) is 17.4. The molecule has 0 fully saturated rings. The molecule has 0 saturated carbocycles. The monoisotopic (exact) mass is 355 g/mol. The first-order valence-corrected chi connectivity index (χ1v) is 6.63. The highest BCUT2D eigenvalue weighted by molar-refractivity contribution is 6.01. The first-order chi connectivity index (χ1) is 10.9. The number of phenols is 2. The fraction of sp³-hybridized carbons (Fsp3) is 0.125. The Bertz CT molecular complexity index is 672. The van der Waals surface area contributed by atoms with Crippen molar-refractivity contribution in [2.45, 2.75) is 6.42 Å². The van der Waals surface area contributed by atoms with Crippen molar-refractivity contribution >= 4 is 24.3 Å². The summed E-state index contributed by atoms with van der Waals surface area (Å²) in [6, 6.07) is 10.2. The quantitative estimate of drug-likeness (QED) is 0.529. The van der Waals surface area contributed by atoms with Crippen LogP contribution in [0.25, 0.3) is 0 Å². The van der Waals surface area contributed by atoms with Gasteiger partial charge in [-0.2, -0.15) is 0 Å². The fourth-order valence-electron chi connectivity index (χ4n) is 1.75. The number of nitrogens with two attached hydrogens (primary N) is 1. The summed E-state index contributed by atoms with van der Waals surface area (Å²) in [5.41, 5.74) is 5.86. The van der Waals surface area contributed by atoms with E-state index in [-0.39, 0.29) is 35.0 Å². The first kappa shape index (κ1) is 21.2. The normalized spacial score (nSPS) is 9.21. The first-order valence-electron chi connectivity index (χ1n) is 6.63. The number of carbonyl (C=O) groups is 2. The molecule has 0 aliphatic carbocycles. The molecule has 2 rings (SSSR count). The molecule has 0 radical (unpaired) electrons. The minimum Gasteiger partial charge on any atom is -0.504 e. The van der Waals surface area contributed by atoms with Crippen molar-refractivity contribution in [3.63, 3.8) is 0 Å². The molecule has 0 spiro atoms. The molecule has 0 unspecified atom stereocenters. The average Bonchev–Trinajstić information content (AvgIpc) is 2.52. The molecule has 0 heterocycles. The zero-order valence-corrected chi connectivity index (χ0v) is 13.4. The third-order valence-corrected chi connectivity index (χ3v) is 2.86. The lowest BCUT2D eigenvalue weighted by atomic mass is 10.1. The lowest BCUT2D eigenvalue weighted by Crippen LogP contribution is -2.06. The van der Waals surface area contributed by atoms with Crippen LogP contribution in [0.3, 0.4) is 0 Å². The highest BCUT2D eigenvalue weighted by Gasteiger charge is 2.13. The zero-order valence-electron chi connectivity index (χ0n) is 12.5. The van der Waals surface area contributed by atoms with Crippen molar-refractivity contribution in [3.05, 3.63) is 59.2 Å². The van der Waals surface area contributed by atoms with Crippen LogP contribution >= 0.6 is 12.4 Å². The van der Waals surface area contributed by atoms with Gasteiger partial charge >= 0.3 is 11.9 Å². The molecule has 0 aliphatic heterocycles. The van der Waals surface area contributed by atoms with Gasteiger partial charge in [-0.15, -0.1) is 12.4 Å². The number of carboxylic acids is 2. The molecule has 2 aromatic rings. The van der Waals surface area contributed by atoms with Crippen molar-refractivity contribution in [2.24, 2.45) is 5.73 Å². The van der Waals surface area contributed by atoms with E-state index in [4.69, 9.17) is 26.2 Å². The van der Waals surface area contributed by atoms with Gasteiger partial charge in [0.15, 0.2) is 11.5 Å². The molecule has 24 heavy (non-hydrogen) atoms. The van der Waals surface area contributed by atoms with Crippen LogP contribution < -0.4 is 5.73 Å². The summed E-state index contributed by atoms with van der Waals surface area (Å²) in [7, 11) is 0. The number of benzene rings is 2. The van der Waals surface area contributed by atoms with Crippen LogP contribution in [0.1, 0.15) is 26.3 Å².